The van der Waals surface area contributed by atoms with E-state index in [0.717, 1.165) is 29.7 Å². The van der Waals surface area contributed by atoms with Crippen molar-refractivity contribution in [3.8, 4) is 0 Å². The van der Waals surface area contributed by atoms with Crippen molar-refractivity contribution in [1.82, 2.24) is 66.2 Å². The smallest absolute Gasteiger partial charge is 0.248 e. The number of nitrogens with one attached hydrogen (secondary N) is 6. The van der Waals surface area contributed by atoms with E-state index in [1.807, 2.05) is 58.0 Å². The van der Waals surface area contributed by atoms with Crippen molar-refractivity contribution in [2.24, 2.45) is 23.7 Å². The average molecular weight is 1460 g/mol. The first-order valence-electron chi connectivity index (χ1n) is 36.8. The molecule has 13 amide bonds. The number of likely N-dealkylation sites (N-methyl/N-ethyl adjacent to an activating group) is 6. The third-order valence-electron chi connectivity index (χ3n) is 19.6. The predicted molar refractivity (Wildman–Crippen MR) is 400 cm³/mol. The Bertz CT molecular complexity index is 3410. The van der Waals surface area contributed by atoms with Gasteiger partial charge in [0.15, 0.2) is 0 Å². The van der Waals surface area contributed by atoms with Gasteiger partial charge in [0.2, 0.25) is 76.8 Å². The van der Waals surface area contributed by atoms with Crippen LogP contribution in [-0.4, -0.2) is 251 Å². The molecule has 1 unspecified atom stereocenters. The lowest BCUT2D eigenvalue weighted by Gasteiger charge is -2.37. The number of amides is 13. The Kier molecular flexibility index (Phi) is 35.3. The summed E-state index contributed by atoms with van der Waals surface area (Å²) in [5, 5.41) is 27.9. The summed E-state index contributed by atoms with van der Waals surface area (Å²) in [6.45, 7) is 22.1. The molecule has 3 aromatic carbocycles. The van der Waals surface area contributed by atoms with E-state index in [0.29, 0.717) is 24.2 Å². The van der Waals surface area contributed by atoms with Crippen molar-refractivity contribution in [2.75, 3.05) is 61.9 Å². The zero-order valence-corrected chi connectivity index (χ0v) is 65.3. The molecule has 0 radical (unpaired) electrons. The second-order valence-electron chi connectivity index (χ2n) is 29.5. The third kappa shape index (κ3) is 25.8. The number of rotatable bonds is 38. The summed E-state index contributed by atoms with van der Waals surface area (Å²) in [6.07, 6.45) is 1.42. The minimum atomic E-state index is -1.67. The van der Waals surface area contributed by atoms with Crippen LogP contribution in [0, 0.1) is 23.7 Å². The lowest BCUT2D eigenvalue weighted by molar-refractivity contribution is -0.150. The zero-order chi connectivity index (χ0) is 78.9. The van der Waals surface area contributed by atoms with Crippen molar-refractivity contribution in [2.45, 2.75) is 220 Å². The van der Waals surface area contributed by atoms with Gasteiger partial charge in [0, 0.05) is 81.6 Å². The lowest BCUT2D eigenvalue weighted by atomic mass is 9.96. The molecule has 4 rings (SSSR count). The molecular formula is C78H119N13O14. The second kappa shape index (κ2) is 42.0. The molecule has 1 saturated heterocycles. The highest BCUT2D eigenvalue weighted by Gasteiger charge is 2.43. The van der Waals surface area contributed by atoms with Gasteiger partial charge in [0.05, 0.1) is 12.6 Å². The fraction of sp³-hybridized carbons (Fsp3) is 0.603. The highest BCUT2D eigenvalue weighted by Crippen LogP contribution is 2.22. The summed E-state index contributed by atoms with van der Waals surface area (Å²) < 4.78 is 0. The summed E-state index contributed by atoms with van der Waals surface area (Å²) in [5.74, 6) is -9.69. The Balaban J connectivity index is 1.58. The van der Waals surface area contributed by atoms with Gasteiger partial charge in [-0.15, -0.1) is 0 Å². The highest BCUT2D eigenvalue weighted by molar-refractivity contribution is 5.99. The molecule has 1 aliphatic heterocycles. The first-order valence-corrected chi connectivity index (χ1v) is 36.8. The van der Waals surface area contributed by atoms with Crippen molar-refractivity contribution in [1.29, 1.82) is 0 Å². The Hall–Kier alpha value is -9.27. The topological polar surface area (TPSA) is 337 Å². The van der Waals surface area contributed by atoms with Crippen molar-refractivity contribution >= 4 is 76.8 Å². The Morgan fingerprint density at radius 2 is 0.867 bits per heavy atom. The maximum Gasteiger partial charge on any atom is 0.248 e. The molecule has 27 nitrogen and oxygen atoms in total. The molecule has 1 heterocycles. The number of likely N-dealkylation sites (tertiary alicyclic amines) is 1. The standard InChI is InChI=1S/C78H119N13O14/c1-20-58(75(102)87(16)62(45-57-37-29-23-30-38-57)71(98)80-51(10)74(101)91-39-31-24-32-40-91)81-69(96)59(43-55-33-25-21-26-34-55)82-73(100)67(50(8)9)90(19)76(103)63(42-48(4)5)86(15)64(94)46-79-70(97)61(44-56-35-27-22-28-36-56)89(18)78(105)66(53(12)92)84-72(99)60(41-47(2)3)88(17)77(104)65(49(6)7)83-68(95)52(11)85(14)54(13)93/h21-23,25-30,33-38,47-53,58-63,65-67,92H,20,24,31-32,39-46H2,1-19H3,(H,79,97)(H,80,98)(H,81,96)(H,82,100)(H,83,95)(H,84,99)/t51-,52-,53+,58-,59-,60-,61-,62?,63-,65-,66-,67-/m0/s1. The van der Waals surface area contributed by atoms with Gasteiger partial charge in [-0.2, -0.15) is 0 Å². The number of aliphatic hydroxyl groups is 1. The van der Waals surface area contributed by atoms with E-state index in [2.05, 4.69) is 31.9 Å². The van der Waals surface area contributed by atoms with Gasteiger partial charge in [-0.05, 0) is 99.7 Å². The van der Waals surface area contributed by atoms with Crippen LogP contribution in [-0.2, 0) is 81.6 Å². The van der Waals surface area contributed by atoms with E-state index in [4.69, 9.17) is 0 Å². The molecule has 7 N–H and O–H groups in total. The second-order valence-corrected chi connectivity index (χ2v) is 29.5. The average Bonchev–Trinajstić information content (AvgIpc) is 0.909. The SMILES string of the molecule is CC[C@H](NC(=O)[C@H](Cc1ccccc1)NC(=O)[C@H](C(C)C)N(C)C(=O)[C@H](CC(C)C)N(C)C(=O)CNC(=O)[C@H](Cc1ccccc1)N(C)C(=O)[C@@H](NC(=O)[C@H](CC(C)C)N(C)C(=O)[C@@H](NC(=O)[C@H](C)N(C)C(C)=O)C(C)C)[C@@H](C)O)C(=O)N(C)C(Cc1ccccc1)C(=O)N[C@@H](C)C(=O)N1CCCCC1. The quantitative estimate of drug-likeness (QED) is 0.0432. The fourth-order valence-electron chi connectivity index (χ4n) is 12.8. The summed E-state index contributed by atoms with van der Waals surface area (Å²) in [7, 11) is 8.47. The normalized spacial score (nSPS) is 15.7. The molecular weight excluding hydrogens is 1340 g/mol. The lowest BCUT2D eigenvalue weighted by Crippen LogP contribution is -2.62. The maximum atomic E-state index is 15.1. The summed E-state index contributed by atoms with van der Waals surface area (Å²) >= 11 is 0. The van der Waals surface area contributed by atoms with Gasteiger partial charge < -0.3 is 71.3 Å². The molecule has 1 fully saturated rings. The highest BCUT2D eigenvalue weighted by atomic mass is 16.3. The van der Waals surface area contributed by atoms with E-state index in [1.54, 1.807) is 107 Å². The maximum absolute atomic E-state index is 15.1. The number of carbonyl (C=O) groups excluding carboxylic acids is 13. The van der Waals surface area contributed by atoms with Gasteiger partial charge in [-0.1, -0.05) is 153 Å². The number of benzene rings is 3. The molecule has 12 atom stereocenters. The largest absolute Gasteiger partial charge is 0.391 e. The minimum Gasteiger partial charge on any atom is -0.391 e. The van der Waals surface area contributed by atoms with Crippen LogP contribution in [0.1, 0.15) is 145 Å². The Morgan fingerprint density at radius 1 is 0.429 bits per heavy atom. The van der Waals surface area contributed by atoms with Gasteiger partial charge >= 0.3 is 0 Å². The van der Waals surface area contributed by atoms with Crippen LogP contribution in [0.3, 0.4) is 0 Å². The molecule has 1 aliphatic rings. The zero-order valence-electron chi connectivity index (χ0n) is 65.3. The molecule has 0 aromatic heterocycles. The van der Waals surface area contributed by atoms with Crippen molar-refractivity contribution in [3.05, 3.63) is 108 Å². The summed E-state index contributed by atoms with van der Waals surface area (Å²) in [4.78, 5) is 194. The predicted octanol–water partition coefficient (Wildman–Crippen LogP) is 3.48. The number of nitrogens with zero attached hydrogens (tertiary/aromatic N) is 7. The van der Waals surface area contributed by atoms with Crippen LogP contribution in [0.4, 0.5) is 0 Å². The molecule has 0 spiro atoms. The number of carbonyl (C=O) groups is 13. The molecule has 580 valence electrons. The number of hydrogen-bond acceptors (Lipinski definition) is 14. The van der Waals surface area contributed by atoms with Gasteiger partial charge in [-0.25, -0.2) is 0 Å². The number of hydrogen-bond donors (Lipinski definition) is 7. The minimum absolute atomic E-state index is 0.0381. The molecule has 3 aromatic rings. The van der Waals surface area contributed by atoms with Crippen LogP contribution in [0.5, 0.6) is 0 Å². The van der Waals surface area contributed by atoms with Crippen LogP contribution >= 0.6 is 0 Å². The van der Waals surface area contributed by atoms with Crippen LogP contribution in [0.15, 0.2) is 91.0 Å². The van der Waals surface area contributed by atoms with E-state index >= 15 is 4.79 Å². The van der Waals surface area contributed by atoms with E-state index < -0.39 is 156 Å². The summed E-state index contributed by atoms with van der Waals surface area (Å²) in [5.41, 5.74) is 2.02. The van der Waals surface area contributed by atoms with Gasteiger partial charge in [-0.3, -0.25) is 62.3 Å². The number of piperidine rings is 1. The molecule has 27 heteroatoms. The Morgan fingerprint density at radius 3 is 1.33 bits per heavy atom. The monoisotopic (exact) mass is 1460 g/mol. The first-order chi connectivity index (χ1) is 49.3. The number of aliphatic hydroxyl groups excluding tert-OH is 1. The van der Waals surface area contributed by atoms with Gasteiger partial charge in [0.25, 0.3) is 0 Å². The molecule has 0 saturated carbocycles. The molecule has 0 aliphatic carbocycles. The van der Waals surface area contributed by atoms with Crippen LogP contribution in [0.25, 0.3) is 0 Å². The molecule has 0 bridgehead atoms. The van der Waals surface area contributed by atoms with Gasteiger partial charge in [0.1, 0.15) is 66.5 Å². The third-order valence-corrected chi connectivity index (χ3v) is 19.6. The summed E-state index contributed by atoms with van der Waals surface area (Å²) in [6, 6.07) is 13.4. The van der Waals surface area contributed by atoms with Crippen LogP contribution < -0.4 is 31.9 Å². The first kappa shape index (κ1) is 88.1. The van der Waals surface area contributed by atoms with Crippen molar-refractivity contribution in [3.63, 3.8) is 0 Å². The van der Waals surface area contributed by atoms with Crippen molar-refractivity contribution < 1.29 is 67.4 Å². The fourth-order valence-corrected chi connectivity index (χ4v) is 12.8. The van der Waals surface area contributed by atoms with Crippen LogP contribution in [0.2, 0.25) is 0 Å². The van der Waals surface area contributed by atoms with E-state index in [9.17, 15) is 62.6 Å². The molecule has 105 heavy (non-hydrogen) atoms. The Labute approximate surface area is 621 Å². The van der Waals surface area contributed by atoms with E-state index in [1.165, 1.54) is 87.6 Å². The van der Waals surface area contributed by atoms with E-state index in [-0.39, 0.29) is 62.2 Å².